The Kier molecular flexibility index (Phi) is 9.25. The van der Waals surface area contributed by atoms with E-state index in [1.165, 1.54) is 24.3 Å². The summed E-state index contributed by atoms with van der Waals surface area (Å²) in [4.78, 5) is 20.5. The zero-order chi connectivity index (χ0) is 15.1. The minimum absolute atomic E-state index is 0. The Labute approximate surface area is 151 Å². The van der Waals surface area contributed by atoms with Crippen LogP contribution in [0.25, 0.3) is 0 Å². The molecule has 0 aliphatic heterocycles. The molecule has 106 valence electrons. The smallest absolute Gasteiger partial charge is 0.335 e. The van der Waals surface area contributed by atoms with E-state index < -0.39 is 11.9 Å². The van der Waals surface area contributed by atoms with Crippen LogP contribution in [0.2, 0.25) is 10.0 Å². The maximum atomic E-state index is 10.3. The molecule has 2 aromatic rings. The molecule has 7 heteroatoms. The van der Waals surface area contributed by atoms with Crippen LogP contribution in [0.15, 0.2) is 48.5 Å². The van der Waals surface area contributed by atoms with E-state index >= 15 is 0 Å². The average molecular weight is 514 g/mol. The van der Waals surface area contributed by atoms with Crippen LogP contribution in [0.4, 0.5) is 0 Å². The van der Waals surface area contributed by atoms with Crippen molar-refractivity contribution < 1.29 is 47.5 Å². The molecule has 0 saturated carbocycles. The van der Waals surface area contributed by atoms with Gasteiger partial charge in [0.2, 0.25) is 0 Å². The predicted molar refractivity (Wildman–Crippen MR) is 76.8 cm³/mol. The van der Waals surface area contributed by atoms with Crippen LogP contribution < -0.4 is 0 Å². The van der Waals surface area contributed by atoms with Gasteiger partial charge in [-0.05, 0) is 48.5 Å². The van der Waals surface area contributed by atoms with Crippen LogP contribution in [0.5, 0.6) is 0 Å². The van der Waals surface area contributed by atoms with Gasteiger partial charge in [0, 0.05) is 37.7 Å². The van der Waals surface area contributed by atoms with Crippen molar-refractivity contribution in [3.05, 3.63) is 69.7 Å². The molecule has 0 atom stereocenters. The van der Waals surface area contributed by atoms with Crippen LogP contribution in [0.3, 0.4) is 0 Å². The van der Waals surface area contributed by atoms with Gasteiger partial charge in [0.1, 0.15) is 0 Å². The Morgan fingerprint density at radius 1 is 0.667 bits per heavy atom. The minimum atomic E-state index is -0.934. The third-order valence-corrected chi connectivity index (χ3v) is 2.69. The molecule has 0 amide bonds. The Bertz CT molecular complexity index is 542. The molecule has 0 aliphatic carbocycles. The first-order chi connectivity index (χ1) is 9.40. The molecule has 2 aromatic carbocycles. The number of carboxylic acid groups (broad SMARTS) is 2. The van der Waals surface area contributed by atoms with E-state index in [0.29, 0.717) is 10.0 Å². The normalized spacial score (nSPS) is 8.86. The number of carboxylic acids is 2. The fourth-order valence-corrected chi connectivity index (χ4v) is 1.44. The van der Waals surface area contributed by atoms with Crippen molar-refractivity contribution in [3.63, 3.8) is 0 Å². The zero-order valence-corrected chi connectivity index (χ0v) is 17.8. The minimum Gasteiger partial charge on any atom is -0.478 e. The molecule has 0 heterocycles. The van der Waals surface area contributed by atoms with E-state index in [0.717, 1.165) is 0 Å². The van der Waals surface area contributed by atoms with E-state index in [1.54, 1.807) is 24.3 Å². The molecule has 0 aromatic heterocycles. The summed E-state index contributed by atoms with van der Waals surface area (Å²) in [5, 5.41) is 18.0. The molecule has 21 heavy (non-hydrogen) atoms. The molecule has 2 N–H and O–H groups in total. The average Bonchev–Trinajstić information content (AvgIpc) is 2.40. The molecule has 0 spiro atoms. The van der Waals surface area contributed by atoms with Gasteiger partial charge in [-0.15, -0.1) is 0 Å². The number of carbonyl (C=O) groups is 2. The first-order valence-corrected chi connectivity index (χ1v) is 6.13. The van der Waals surface area contributed by atoms with Gasteiger partial charge < -0.3 is 10.2 Å². The summed E-state index contributed by atoms with van der Waals surface area (Å²) in [6.45, 7) is 0. The summed E-state index contributed by atoms with van der Waals surface area (Å²) in [5.74, 6) is -1.87. The second-order valence-electron chi connectivity index (χ2n) is 3.62. The fourth-order valence-electron chi connectivity index (χ4n) is 1.18. The zero-order valence-electron chi connectivity index (χ0n) is 10.8. The Morgan fingerprint density at radius 2 is 0.905 bits per heavy atom. The van der Waals surface area contributed by atoms with Crippen molar-refractivity contribution in [2.24, 2.45) is 0 Å². The summed E-state index contributed by atoms with van der Waals surface area (Å²) in [6, 6.07) is 12.0. The monoisotopic (exact) mass is 514 g/mol. The molecule has 4 nitrogen and oxygen atoms in total. The first kappa shape index (κ1) is 19.9. The van der Waals surface area contributed by atoms with E-state index in [2.05, 4.69) is 0 Å². The quantitative estimate of drug-likeness (QED) is 0.594. The number of aromatic carboxylic acids is 2. The van der Waals surface area contributed by atoms with Crippen LogP contribution in [-0.2, 0) is 27.7 Å². The van der Waals surface area contributed by atoms with Crippen LogP contribution in [-0.4, -0.2) is 22.2 Å². The molecule has 0 bridgehead atoms. The van der Waals surface area contributed by atoms with Gasteiger partial charge in [-0.2, -0.15) is 0 Å². The van der Waals surface area contributed by atoms with Crippen molar-refractivity contribution in [2.45, 2.75) is 0 Å². The van der Waals surface area contributed by atoms with Crippen LogP contribution in [0, 0.1) is 0 Å². The summed E-state index contributed by atoms with van der Waals surface area (Å²) in [6.07, 6.45) is 0. The molecule has 0 aliphatic rings. The maximum Gasteiger partial charge on any atom is 0.335 e. The summed E-state index contributed by atoms with van der Waals surface area (Å²) >= 11 is 11.0. The number of rotatable bonds is 2. The van der Waals surface area contributed by atoms with Gasteiger partial charge in [0.25, 0.3) is 0 Å². The maximum absolute atomic E-state index is 10.3. The van der Waals surface area contributed by atoms with Crippen molar-refractivity contribution >= 4 is 35.1 Å². The topological polar surface area (TPSA) is 74.6 Å². The van der Waals surface area contributed by atoms with Crippen molar-refractivity contribution in [2.75, 3.05) is 0 Å². The Balaban J connectivity index is 0.000000364. The summed E-state index contributed by atoms with van der Waals surface area (Å²) < 4.78 is 0. The number of halogens is 2. The molecular weight excluding hydrogens is 504 g/mol. The van der Waals surface area contributed by atoms with Gasteiger partial charge in [-0.3, -0.25) is 0 Å². The Morgan fingerprint density at radius 3 is 1.10 bits per heavy atom. The summed E-state index contributed by atoms with van der Waals surface area (Å²) in [7, 11) is 0. The Hall–Kier alpha value is -1.10. The SMILES string of the molecule is O=C(O)c1ccc(Cl)cc1.O=C(O)c1ccc(Cl)cc1.[Hg]. The molecule has 0 unspecified atom stereocenters. The van der Waals surface area contributed by atoms with Gasteiger partial charge >= 0.3 is 11.9 Å². The fraction of sp³-hybridized carbons (Fsp3) is 0. The third kappa shape index (κ3) is 7.46. The summed E-state index contributed by atoms with van der Waals surface area (Å²) in [5.41, 5.74) is 0.508. The van der Waals surface area contributed by atoms with Crippen LogP contribution in [0.1, 0.15) is 20.7 Å². The number of benzene rings is 2. The molecule has 0 saturated heterocycles. The van der Waals surface area contributed by atoms with Crippen molar-refractivity contribution in [1.82, 2.24) is 0 Å². The van der Waals surface area contributed by atoms with Gasteiger partial charge in [-0.25, -0.2) is 9.59 Å². The third-order valence-electron chi connectivity index (χ3n) is 2.18. The first-order valence-electron chi connectivity index (χ1n) is 5.38. The van der Waals surface area contributed by atoms with Crippen molar-refractivity contribution in [1.29, 1.82) is 0 Å². The molecule has 0 radical (unpaired) electrons. The van der Waals surface area contributed by atoms with Crippen molar-refractivity contribution in [3.8, 4) is 0 Å². The van der Waals surface area contributed by atoms with Gasteiger partial charge in [-0.1, -0.05) is 23.2 Å². The van der Waals surface area contributed by atoms with Gasteiger partial charge in [0.15, 0.2) is 0 Å². The largest absolute Gasteiger partial charge is 0.478 e. The second-order valence-corrected chi connectivity index (χ2v) is 4.50. The van der Waals surface area contributed by atoms with Gasteiger partial charge in [0.05, 0.1) is 11.1 Å². The molecular formula is C14H10Cl2HgO4. The van der Waals surface area contributed by atoms with E-state index in [-0.39, 0.29) is 38.8 Å². The molecule has 0 fully saturated rings. The molecule has 2 rings (SSSR count). The number of hydrogen-bond acceptors (Lipinski definition) is 2. The van der Waals surface area contributed by atoms with Crippen LogP contribution >= 0.6 is 23.2 Å². The standard InChI is InChI=1S/2C7H5ClO2.Hg/c2*8-6-3-1-5(2-4-6)7(9)10;/h2*1-4H,(H,9,10);. The van der Waals surface area contributed by atoms with E-state index in [1.807, 2.05) is 0 Å². The van der Waals surface area contributed by atoms with E-state index in [4.69, 9.17) is 33.4 Å². The second kappa shape index (κ2) is 9.76. The predicted octanol–water partition coefficient (Wildman–Crippen LogP) is 4.07. The van der Waals surface area contributed by atoms with E-state index in [9.17, 15) is 9.59 Å². The number of hydrogen-bond donors (Lipinski definition) is 2.